The highest BCUT2D eigenvalue weighted by Gasteiger charge is 2.38. The van der Waals surface area contributed by atoms with Gasteiger partial charge in [-0.05, 0) is 49.3 Å². The van der Waals surface area contributed by atoms with E-state index in [9.17, 15) is 19.0 Å². The Kier molecular flexibility index (Phi) is 4.21. The Morgan fingerprint density at radius 1 is 1.21 bits per heavy atom. The van der Waals surface area contributed by atoms with Crippen LogP contribution in [0.5, 0.6) is 0 Å². The highest BCUT2D eigenvalue weighted by Crippen LogP contribution is 2.35. The van der Waals surface area contributed by atoms with E-state index in [1.165, 1.54) is 12.1 Å². The SMILES string of the molecule is CC1CCC(O)(C(O)Cc2cc(F)cc(F)c2)CC1. The minimum Gasteiger partial charge on any atom is -0.390 e. The third-order valence-corrected chi connectivity index (χ3v) is 4.11. The zero-order valence-corrected chi connectivity index (χ0v) is 11.1. The van der Waals surface area contributed by atoms with Crippen molar-refractivity contribution in [3.8, 4) is 0 Å². The fraction of sp³-hybridized carbons (Fsp3) is 0.600. The van der Waals surface area contributed by atoms with E-state index in [-0.39, 0.29) is 6.42 Å². The third-order valence-electron chi connectivity index (χ3n) is 4.11. The minimum absolute atomic E-state index is 0.0690. The van der Waals surface area contributed by atoms with Gasteiger partial charge in [0.05, 0.1) is 11.7 Å². The van der Waals surface area contributed by atoms with Gasteiger partial charge in [-0.1, -0.05) is 6.92 Å². The number of rotatable bonds is 3. The Balaban J connectivity index is 2.05. The van der Waals surface area contributed by atoms with Crippen LogP contribution in [0.25, 0.3) is 0 Å². The molecule has 2 rings (SSSR count). The molecule has 19 heavy (non-hydrogen) atoms. The fourth-order valence-corrected chi connectivity index (χ4v) is 2.74. The van der Waals surface area contributed by atoms with Crippen LogP contribution in [0.2, 0.25) is 0 Å². The van der Waals surface area contributed by atoms with E-state index in [1.807, 2.05) is 0 Å². The second-order valence-corrected chi connectivity index (χ2v) is 5.78. The average Bonchev–Trinajstić information content (AvgIpc) is 2.32. The van der Waals surface area contributed by atoms with Crippen molar-refractivity contribution in [3.63, 3.8) is 0 Å². The van der Waals surface area contributed by atoms with Crippen molar-refractivity contribution in [2.45, 2.75) is 50.7 Å². The van der Waals surface area contributed by atoms with Crippen molar-refractivity contribution in [1.82, 2.24) is 0 Å². The van der Waals surface area contributed by atoms with Gasteiger partial charge in [-0.3, -0.25) is 0 Å². The summed E-state index contributed by atoms with van der Waals surface area (Å²) >= 11 is 0. The minimum atomic E-state index is -1.13. The maximum Gasteiger partial charge on any atom is 0.126 e. The second-order valence-electron chi connectivity index (χ2n) is 5.78. The van der Waals surface area contributed by atoms with Crippen molar-refractivity contribution < 1.29 is 19.0 Å². The quantitative estimate of drug-likeness (QED) is 0.886. The topological polar surface area (TPSA) is 40.5 Å². The largest absolute Gasteiger partial charge is 0.390 e. The summed E-state index contributed by atoms with van der Waals surface area (Å²) in [6.07, 6.45) is 1.89. The summed E-state index contributed by atoms with van der Waals surface area (Å²) in [6, 6.07) is 3.19. The highest BCUT2D eigenvalue weighted by atomic mass is 19.1. The van der Waals surface area contributed by atoms with E-state index in [1.54, 1.807) is 0 Å². The number of aliphatic hydroxyl groups excluding tert-OH is 1. The molecule has 0 heterocycles. The van der Waals surface area contributed by atoms with E-state index < -0.39 is 23.3 Å². The van der Waals surface area contributed by atoms with Gasteiger partial charge in [-0.15, -0.1) is 0 Å². The van der Waals surface area contributed by atoms with Gasteiger partial charge in [-0.2, -0.15) is 0 Å². The molecule has 0 aliphatic heterocycles. The van der Waals surface area contributed by atoms with Gasteiger partial charge in [0.2, 0.25) is 0 Å². The van der Waals surface area contributed by atoms with Gasteiger partial charge >= 0.3 is 0 Å². The Morgan fingerprint density at radius 3 is 2.26 bits per heavy atom. The maximum atomic E-state index is 13.1. The summed E-state index contributed by atoms with van der Waals surface area (Å²) in [5.74, 6) is -0.767. The van der Waals surface area contributed by atoms with Gasteiger partial charge in [0.25, 0.3) is 0 Å². The predicted octanol–water partition coefficient (Wildman–Crippen LogP) is 2.81. The summed E-state index contributed by atoms with van der Waals surface area (Å²) in [7, 11) is 0. The van der Waals surface area contributed by atoms with Crippen molar-refractivity contribution in [1.29, 1.82) is 0 Å². The standard InChI is InChI=1S/C15H20F2O2/c1-10-2-4-15(19,5-3-10)14(18)8-11-6-12(16)9-13(17)7-11/h6-7,9-10,14,18-19H,2-5,8H2,1H3. The number of benzene rings is 1. The molecule has 0 saturated heterocycles. The Hall–Kier alpha value is -1.00. The fourth-order valence-electron chi connectivity index (χ4n) is 2.74. The molecule has 1 saturated carbocycles. The molecule has 106 valence electrons. The molecule has 1 aromatic carbocycles. The lowest BCUT2D eigenvalue weighted by atomic mass is 9.75. The maximum absolute atomic E-state index is 13.1. The molecule has 2 N–H and O–H groups in total. The van der Waals surface area contributed by atoms with Crippen molar-refractivity contribution in [3.05, 3.63) is 35.4 Å². The number of halogens is 2. The molecule has 1 aliphatic carbocycles. The van der Waals surface area contributed by atoms with Crippen LogP contribution in [-0.2, 0) is 6.42 Å². The molecule has 0 radical (unpaired) electrons. The number of hydrogen-bond acceptors (Lipinski definition) is 2. The normalized spacial score (nSPS) is 29.2. The Labute approximate surface area is 112 Å². The summed E-state index contributed by atoms with van der Waals surface area (Å²) in [5, 5.41) is 20.6. The predicted molar refractivity (Wildman–Crippen MR) is 68.7 cm³/mol. The average molecular weight is 270 g/mol. The van der Waals surface area contributed by atoms with Crippen LogP contribution in [0.4, 0.5) is 8.78 Å². The molecule has 2 nitrogen and oxygen atoms in total. The van der Waals surface area contributed by atoms with Gasteiger partial charge in [0.1, 0.15) is 11.6 Å². The van der Waals surface area contributed by atoms with Crippen LogP contribution in [0.1, 0.15) is 38.2 Å². The molecule has 1 fully saturated rings. The smallest absolute Gasteiger partial charge is 0.126 e. The van der Waals surface area contributed by atoms with Gasteiger partial charge in [-0.25, -0.2) is 8.78 Å². The van der Waals surface area contributed by atoms with Gasteiger partial charge in [0.15, 0.2) is 0 Å². The number of aliphatic hydroxyl groups is 2. The van der Waals surface area contributed by atoms with Crippen LogP contribution in [0.3, 0.4) is 0 Å². The lowest BCUT2D eigenvalue weighted by Crippen LogP contribution is -2.46. The summed E-state index contributed by atoms with van der Waals surface area (Å²) < 4.78 is 26.2. The molecular weight excluding hydrogens is 250 g/mol. The first-order valence-corrected chi connectivity index (χ1v) is 6.74. The van der Waals surface area contributed by atoms with Crippen LogP contribution in [-0.4, -0.2) is 21.9 Å². The zero-order chi connectivity index (χ0) is 14.0. The van der Waals surface area contributed by atoms with Gasteiger partial charge in [0, 0.05) is 12.5 Å². The van der Waals surface area contributed by atoms with Crippen LogP contribution in [0.15, 0.2) is 18.2 Å². The van der Waals surface area contributed by atoms with E-state index in [2.05, 4.69) is 6.92 Å². The summed E-state index contributed by atoms with van der Waals surface area (Å²) in [5.41, 5.74) is -0.757. The zero-order valence-electron chi connectivity index (χ0n) is 11.1. The molecule has 0 amide bonds. The van der Waals surface area contributed by atoms with Crippen molar-refractivity contribution in [2.75, 3.05) is 0 Å². The molecule has 1 aromatic rings. The molecule has 1 unspecified atom stereocenters. The molecule has 0 bridgehead atoms. The molecular formula is C15H20F2O2. The summed E-state index contributed by atoms with van der Waals surface area (Å²) in [6.45, 7) is 2.12. The summed E-state index contributed by atoms with van der Waals surface area (Å²) in [4.78, 5) is 0. The molecule has 1 aliphatic rings. The highest BCUT2D eigenvalue weighted by molar-refractivity contribution is 5.19. The first kappa shape index (κ1) is 14.4. The first-order valence-electron chi connectivity index (χ1n) is 6.74. The lowest BCUT2D eigenvalue weighted by Gasteiger charge is -2.38. The lowest BCUT2D eigenvalue weighted by molar-refractivity contribution is -0.102. The molecule has 4 heteroatoms. The molecule has 1 atom stereocenters. The second kappa shape index (κ2) is 5.55. The first-order chi connectivity index (χ1) is 8.89. The van der Waals surface area contributed by atoms with Crippen molar-refractivity contribution >= 4 is 0 Å². The van der Waals surface area contributed by atoms with Crippen LogP contribution >= 0.6 is 0 Å². The van der Waals surface area contributed by atoms with Crippen molar-refractivity contribution in [2.24, 2.45) is 5.92 Å². The monoisotopic (exact) mass is 270 g/mol. The van der Waals surface area contributed by atoms with Crippen LogP contribution < -0.4 is 0 Å². The third kappa shape index (κ3) is 3.51. The Bertz CT molecular complexity index is 420. The molecule has 0 aromatic heterocycles. The van der Waals surface area contributed by atoms with E-state index in [4.69, 9.17) is 0 Å². The number of hydrogen-bond donors (Lipinski definition) is 2. The van der Waals surface area contributed by atoms with E-state index >= 15 is 0 Å². The van der Waals surface area contributed by atoms with E-state index in [0.717, 1.165) is 18.9 Å². The van der Waals surface area contributed by atoms with Crippen LogP contribution in [0, 0.1) is 17.6 Å². The van der Waals surface area contributed by atoms with E-state index in [0.29, 0.717) is 24.3 Å². The Morgan fingerprint density at radius 2 is 1.74 bits per heavy atom. The molecule has 0 spiro atoms. The van der Waals surface area contributed by atoms with Gasteiger partial charge < -0.3 is 10.2 Å².